The Kier molecular flexibility index (Phi) is 4.25. The molecule has 8 heteroatoms. The van der Waals surface area contributed by atoms with Gasteiger partial charge >= 0.3 is 5.97 Å². The molecule has 6 nitrogen and oxygen atoms in total. The molecule has 0 aliphatic heterocycles. The minimum absolute atomic E-state index is 0.0130. The monoisotopic (exact) mass is 362 g/mol. The Hall–Kier alpha value is -2.45. The van der Waals surface area contributed by atoms with Gasteiger partial charge in [-0.3, -0.25) is 4.72 Å². The highest BCUT2D eigenvalue weighted by Gasteiger charge is 2.17. The first kappa shape index (κ1) is 16.4. The third kappa shape index (κ3) is 3.24. The van der Waals surface area contributed by atoms with Crippen LogP contribution in [-0.4, -0.2) is 24.5 Å². The number of aromatic nitrogens is 1. The number of anilines is 1. The number of carboxylic acids is 1. The lowest BCUT2D eigenvalue weighted by Gasteiger charge is -2.05. The zero-order chi connectivity index (χ0) is 17.3. The molecule has 0 saturated carbocycles. The lowest BCUT2D eigenvalue weighted by molar-refractivity contribution is 0.0696. The van der Waals surface area contributed by atoms with E-state index in [0.29, 0.717) is 0 Å². The number of carboxylic acid groups (broad SMARTS) is 1. The minimum atomic E-state index is -3.81. The molecule has 3 rings (SSSR count). The van der Waals surface area contributed by atoms with Gasteiger partial charge in [0, 0.05) is 0 Å². The summed E-state index contributed by atoms with van der Waals surface area (Å²) in [6, 6.07) is 10.8. The Morgan fingerprint density at radius 1 is 1.21 bits per heavy atom. The van der Waals surface area contributed by atoms with E-state index in [0.717, 1.165) is 22.2 Å². The summed E-state index contributed by atoms with van der Waals surface area (Å²) >= 11 is 1.26. The van der Waals surface area contributed by atoms with E-state index in [1.165, 1.54) is 35.6 Å². The molecule has 0 aliphatic rings. The summed E-state index contributed by atoms with van der Waals surface area (Å²) in [5.74, 6) is -1.11. The molecule has 0 amide bonds. The molecule has 0 saturated heterocycles. The summed E-state index contributed by atoms with van der Waals surface area (Å²) in [4.78, 5) is 15.1. The normalized spacial score (nSPS) is 11.5. The van der Waals surface area contributed by atoms with Gasteiger partial charge in [-0.15, -0.1) is 0 Å². The fraction of sp³-hybridized carbons (Fsp3) is 0.125. The van der Waals surface area contributed by atoms with Crippen LogP contribution in [0.3, 0.4) is 0 Å². The molecule has 24 heavy (non-hydrogen) atoms. The lowest BCUT2D eigenvalue weighted by Crippen LogP contribution is -2.13. The standard InChI is InChI=1S/C16H14N2O4S2/c1-2-10-3-8-13-14(9-10)23-16(17-13)18-24(21,22)12-6-4-11(5-7-12)15(19)20/h3-9H,2H2,1H3,(H,17,18)(H,19,20). The first-order valence-electron chi connectivity index (χ1n) is 7.14. The van der Waals surface area contributed by atoms with E-state index in [2.05, 4.69) is 9.71 Å². The zero-order valence-corrected chi connectivity index (χ0v) is 14.3. The Bertz CT molecular complexity index is 1010. The number of hydrogen-bond acceptors (Lipinski definition) is 5. The molecule has 3 aromatic rings. The highest BCUT2D eigenvalue weighted by molar-refractivity contribution is 7.93. The van der Waals surface area contributed by atoms with Crippen molar-refractivity contribution in [2.24, 2.45) is 0 Å². The highest BCUT2D eigenvalue weighted by atomic mass is 32.2. The number of aryl methyl sites for hydroxylation is 1. The van der Waals surface area contributed by atoms with Gasteiger partial charge in [-0.1, -0.05) is 24.3 Å². The van der Waals surface area contributed by atoms with Crippen molar-refractivity contribution in [3.05, 3.63) is 53.6 Å². The van der Waals surface area contributed by atoms with Crippen molar-refractivity contribution in [2.75, 3.05) is 4.72 Å². The van der Waals surface area contributed by atoms with Crippen molar-refractivity contribution in [1.29, 1.82) is 0 Å². The number of sulfonamides is 1. The maximum Gasteiger partial charge on any atom is 0.335 e. The van der Waals surface area contributed by atoms with E-state index in [1.807, 2.05) is 25.1 Å². The maximum atomic E-state index is 12.4. The number of carbonyl (C=O) groups is 1. The van der Waals surface area contributed by atoms with Gasteiger partial charge in [0.2, 0.25) is 0 Å². The first-order chi connectivity index (χ1) is 11.4. The van der Waals surface area contributed by atoms with E-state index in [9.17, 15) is 13.2 Å². The molecule has 0 fully saturated rings. The second-order valence-corrected chi connectivity index (χ2v) is 7.82. The smallest absolute Gasteiger partial charge is 0.335 e. The van der Waals surface area contributed by atoms with Crippen molar-refractivity contribution in [3.63, 3.8) is 0 Å². The summed E-state index contributed by atoms with van der Waals surface area (Å²) < 4.78 is 28.1. The predicted molar refractivity (Wildman–Crippen MR) is 93.2 cm³/mol. The van der Waals surface area contributed by atoms with Crippen molar-refractivity contribution in [1.82, 2.24) is 4.98 Å². The summed E-state index contributed by atoms with van der Waals surface area (Å²) in [7, 11) is -3.81. The average molecular weight is 362 g/mol. The van der Waals surface area contributed by atoms with Gasteiger partial charge < -0.3 is 5.11 Å². The third-order valence-electron chi connectivity index (χ3n) is 3.49. The van der Waals surface area contributed by atoms with Gasteiger partial charge in [-0.05, 0) is 48.4 Å². The van der Waals surface area contributed by atoms with E-state index in [-0.39, 0.29) is 15.6 Å². The minimum Gasteiger partial charge on any atom is -0.478 e. The van der Waals surface area contributed by atoms with Gasteiger partial charge in [0.15, 0.2) is 5.13 Å². The SMILES string of the molecule is CCc1ccc2nc(NS(=O)(=O)c3ccc(C(=O)O)cc3)sc2c1. The number of nitrogens with zero attached hydrogens (tertiary/aromatic N) is 1. The van der Waals surface area contributed by atoms with Crippen LogP contribution in [0.25, 0.3) is 10.2 Å². The predicted octanol–water partition coefficient (Wildman–Crippen LogP) is 3.36. The summed E-state index contributed by atoms with van der Waals surface area (Å²) in [6.45, 7) is 2.05. The van der Waals surface area contributed by atoms with Crippen LogP contribution in [-0.2, 0) is 16.4 Å². The topological polar surface area (TPSA) is 96.4 Å². The van der Waals surface area contributed by atoms with Crippen LogP contribution in [0.15, 0.2) is 47.4 Å². The Labute approximate surface area is 142 Å². The van der Waals surface area contributed by atoms with Crippen molar-refractivity contribution in [3.8, 4) is 0 Å². The Morgan fingerprint density at radius 2 is 1.92 bits per heavy atom. The maximum absolute atomic E-state index is 12.4. The molecule has 2 N–H and O–H groups in total. The number of thiazole rings is 1. The van der Waals surface area contributed by atoms with Crippen LogP contribution in [0.4, 0.5) is 5.13 Å². The summed E-state index contributed by atoms with van der Waals surface area (Å²) in [5, 5.41) is 9.14. The third-order valence-corrected chi connectivity index (χ3v) is 5.91. The van der Waals surface area contributed by atoms with Crippen LogP contribution in [0.5, 0.6) is 0 Å². The van der Waals surface area contributed by atoms with Crippen LogP contribution < -0.4 is 4.72 Å². The second-order valence-electron chi connectivity index (χ2n) is 5.11. The van der Waals surface area contributed by atoms with Crippen LogP contribution in [0, 0.1) is 0 Å². The fourth-order valence-corrected chi connectivity index (χ4v) is 4.35. The zero-order valence-electron chi connectivity index (χ0n) is 12.7. The average Bonchev–Trinajstić information content (AvgIpc) is 2.95. The Morgan fingerprint density at radius 3 is 2.54 bits per heavy atom. The van der Waals surface area contributed by atoms with Gasteiger partial charge in [-0.25, -0.2) is 18.2 Å². The second kappa shape index (κ2) is 6.21. The fourth-order valence-electron chi connectivity index (χ4n) is 2.18. The number of benzene rings is 2. The number of aromatic carboxylic acids is 1. The molecule has 2 aromatic carbocycles. The molecule has 0 bridgehead atoms. The van der Waals surface area contributed by atoms with Gasteiger partial charge in [0.05, 0.1) is 20.7 Å². The number of fused-ring (bicyclic) bond motifs is 1. The molecule has 124 valence electrons. The van der Waals surface area contributed by atoms with Crippen LogP contribution in [0.1, 0.15) is 22.8 Å². The summed E-state index contributed by atoms with van der Waals surface area (Å²) in [6.07, 6.45) is 0.894. The molecular formula is C16H14N2O4S2. The van der Waals surface area contributed by atoms with Crippen LogP contribution >= 0.6 is 11.3 Å². The van der Waals surface area contributed by atoms with E-state index >= 15 is 0 Å². The number of hydrogen-bond donors (Lipinski definition) is 2. The van der Waals surface area contributed by atoms with Crippen molar-refractivity contribution >= 4 is 42.7 Å². The van der Waals surface area contributed by atoms with Gasteiger partial charge in [0.25, 0.3) is 10.0 Å². The summed E-state index contributed by atoms with van der Waals surface area (Å²) in [5.41, 5.74) is 1.92. The first-order valence-corrected chi connectivity index (χ1v) is 9.44. The van der Waals surface area contributed by atoms with E-state index < -0.39 is 16.0 Å². The number of rotatable bonds is 5. The quantitative estimate of drug-likeness (QED) is 0.725. The van der Waals surface area contributed by atoms with Gasteiger partial charge in [0.1, 0.15) is 0 Å². The van der Waals surface area contributed by atoms with Gasteiger partial charge in [-0.2, -0.15) is 0 Å². The van der Waals surface area contributed by atoms with Crippen molar-refractivity contribution in [2.45, 2.75) is 18.2 Å². The molecule has 1 heterocycles. The Balaban J connectivity index is 1.89. The highest BCUT2D eigenvalue weighted by Crippen LogP contribution is 2.28. The molecule has 0 spiro atoms. The van der Waals surface area contributed by atoms with E-state index in [1.54, 1.807) is 0 Å². The lowest BCUT2D eigenvalue weighted by atomic mass is 10.2. The molecule has 0 atom stereocenters. The molecule has 0 radical (unpaired) electrons. The van der Waals surface area contributed by atoms with E-state index in [4.69, 9.17) is 5.11 Å². The molecule has 0 aliphatic carbocycles. The van der Waals surface area contributed by atoms with Crippen molar-refractivity contribution < 1.29 is 18.3 Å². The number of nitrogens with one attached hydrogen (secondary N) is 1. The molecule has 0 unspecified atom stereocenters. The molecular weight excluding hydrogens is 348 g/mol. The molecule has 1 aromatic heterocycles. The largest absolute Gasteiger partial charge is 0.478 e. The van der Waals surface area contributed by atoms with Crippen LogP contribution in [0.2, 0.25) is 0 Å².